The highest BCUT2D eigenvalue weighted by molar-refractivity contribution is 5.84. The van der Waals surface area contributed by atoms with Crippen molar-refractivity contribution in [2.24, 2.45) is 10.9 Å². The molecule has 3 aromatic carbocycles. The van der Waals surface area contributed by atoms with Crippen molar-refractivity contribution >= 4 is 11.9 Å². The van der Waals surface area contributed by atoms with Crippen LogP contribution in [0.1, 0.15) is 30.5 Å². The summed E-state index contributed by atoms with van der Waals surface area (Å²) in [7, 11) is 3.05. The van der Waals surface area contributed by atoms with Gasteiger partial charge in [0.25, 0.3) is 5.69 Å². The summed E-state index contributed by atoms with van der Waals surface area (Å²) in [5.41, 5.74) is -0.727. The van der Waals surface area contributed by atoms with E-state index >= 15 is 0 Å². The first-order valence-electron chi connectivity index (χ1n) is 10.7. The highest BCUT2D eigenvalue weighted by atomic mass is 16.6. The van der Waals surface area contributed by atoms with E-state index in [0.717, 1.165) is 0 Å². The summed E-state index contributed by atoms with van der Waals surface area (Å²) < 4.78 is 11.1. The van der Waals surface area contributed by atoms with Gasteiger partial charge in [0, 0.05) is 35.0 Å². The minimum atomic E-state index is -1.69. The van der Waals surface area contributed by atoms with Gasteiger partial charge in [-0.25, -0.2) is 0 Å². The van der Waals surface area contributed by atoms with E-state index in [9.17, 15) is 20.3 Å². The second kappa shape index (κ2) is 10.4. The van der Waals surface area contributed by atoms with Gasteiger partial charge in [0.1, 0.15) is 22.8 Å². The topological polar surface area (TPSA) is 114 Å². The fraction of sp³-hybridized carbons (Fsp3) is 0.269. The van der Waals surface area contributed by atoms with Gasteiger partial charge in [-0.3, -0.25) is 15.1 Å². The van der Waals surface area contributed by atoms with E-state index in [1.165, 1.54) is 38.6 Å². The molecule has 0 fully saturated rings. The number of nitrogens with zero attached hydrogens (tertiary/aromatic N) is 2. The zero-order valence-electron chi connectivity index (χ0n) is 19.5. The Bertz CT molecular complexity index is 1140. The van der Waals surface area contributed by atoms with Gasteiger partial charge in [-0.1, -0.05) is 50.2 Å². The van der Waals surface area contributed by atoms with Gasteiger partial charge in [-0.15, -0.1) is 0 Å². The normalized spacial score (nSPS) is 12.6. The average Bonchev–Trinajstić information content (AvgIpc) is 2.84. The molecule has 0 aliphatic carbocycles. The zero-order valence-corrected chi connectivity index (χ0v) is 19.5. The van der Waals surface area contributed by atoms with Gasteiger partial charge >= 0.3 is 0 Å². The molecule has 2 N–H and O–H groups in total. The number of nitro benzene ring substituents is 1. The smallest absolute Gasteiger partial charge is 0.270 e. The Kier molecular flexibility index (Phi) is 7.53. The summed E-state index contributed by atoms with van der Waals surface area (Å²) in [5, 5.41) is 33.9. The van der Waals surface area contributed by atoms with Crippen LogP contribution in [-0.4, -0.2) is 41.6 Å². The first kappa shape index (κ1) is 24.7. The largest absolute Gasteiger partial charge is 0.507 e. The summed E-state index contributed by atoms with van der Waals surface area (Å²) in [6.07, 6.45) is 1.35. The molecule has 0 aliphatic heterocycles. The second-order valence-electron chi connectivity index (χ2n) is 8.13. The van der Waals surface area contributed by atoms with Crippen molar-refractivity contribution in [3.63, 3.8) is 0 Å². The Morgan fingerprint density at radius 3 is 1.97 bits per heavy atom. The molecule has 3 aromatic rings. The van der Waals surface area contributed by atoms with E-state index in [4.69, 9.17) is 9.47 Å². The molecule has 1 atom stereocenters. The molecule has 8 nitrogen and oxygen atoms in total. The molecular formula is C26H28N2O6. The van der Waals surface area contributed by atoms with Crippen LogP contribution < -0.4 is 9.47 Å². The van der Waals surface area contributed by atoms with Crippen molar-refractivity contribution < 1.29 is 24.6 Å². The minimum Gasteiger partial charge on any atom is -0.507 e. The molecule has 0 heterocycles. The van der Waals surface area contributed by atoms with Crippen LogP contribution >= 0.6 is 0 Å². The molecule has 0 saturated carbocycles. The van der Waals surface area contributed by atoms with Gasteiger partial charge in [0.2, 0.25) is 0 Å². The molecule has 178 valence electrons. The van der Waals surface area contributed by atoms with Crippen LogP contribution in [0.25, 0.3) is 0 Å². The highest BCUT2D eigenvalue weighted by Gasteiger charge is 2.45. The number of hydrogen-bond acceptors (Lipinski definition) is 7. The standard InChI is InChI=1S/C26H28N2O6/c1-17(2)25(27-16-18-15-19(28(31)32)13-14-22(18)29)26(30,20-9-5-7-11-23(20)33-3)21-10-6-8-12-24(21)34-4/h5-17,25,29-30H,1-4H3/t25-/m0/s1. The highest BCUT2D eigenvalue weighted by Crippen LogP contribution is 2.45. The van der Waals surface area contributed by atoms with E-state index in [0.29, 0.717) is 22.6 Å². The van der Waals surface area contributed by atoms with Crippen molar-refractivity contribution in [1.29, 1.82) is 0 Å². The Labute approximate surface area is 198 Å². The van der Waals surface area contributed by atoms with Crippen LogP contribution in [0.3, 0.4) is 0 Å². The lowest BCUT2D eigenvalue weighted by Gasteiger charge is -2.38. The van der Waals surface area contributed by atoms with Gasteiger partial charge in [-0.05, 0) is 24.1 Å². The lowest BCUT2D eigenvalue weighted by atomic mass is 9.75. The molecular weight excluding hydrogens is 436 g/mol. The van der Waals surface area contributed by atoms with Crippen LogP contribution in [0.15, 0.2) is 71.7 Å². The van der Waals surface area contributed by atoms with Crippen LogP contribution in [0.2, 0.25) is 0 Å². The molecule has 3 rings (SSSR count). The number of methoxy groups -OCH3 is 2. The number of non-ortho nitro benzene ring substituents is 1. The van der Waals surface area contributed by atoms with Crippen molar-refractivity contribution in [2.45, 2.75) is 25.5 Å². The fourth-order valence-electron chi connectivity index (χ4n) is 4.06. The number of benzene rings is 3. The third-order valence-corrected chi connectivity index (χ3v) is 5.69. The molecule has 0 unspecified atom stereocenters. The third-order valence-electron chi connectivity index (χ3n) is 5.69. The molecule has 0 amide bonds. The summed E-state index contributed by atoms with van der Waals surface area (Å²) in [5.74, 6) is 0.580. The SMILES string of the molecule is COc1ccccc1C(O)(c1ccccc1OC)[C@@H](N=Cc1cc([N+](=O)[O-])ccc1O)C(C)C. The number of ether oxygens (including phenoxy) is 2. The molecule has 0 radical (unpaired) electrons. The van der Waals surface area contributed by atoms with Crippen LogP contribution in [0.5, 0.6) is 17.2 Å². The predicted molar refractivity (Wildman–Crippen MR) is 130 cm³/mol. The quantitative estimate of drug-likeness (QED) is 0.270. The van der Waals surface area contributed by atoms with Crippen molar-refractivity contribution in [3.8, 4) is 17.2 Å². The van der Waals surface area contributed by atoms with Crippen molar-refractivity contribution in [3.05, 3.63) is 93.5 Å². The first-order valence-corrected chi connectivity index (χ1v) is 10.7. The number of hydrogen-bond donors (Lipinski definition) is 2. The maximum Gasteiger partial charge on any atom is 0.270 e. The minimum absolute atomic E-state index is 0.157. The summed E-state index contributed by atoms with van der Waals surface area (Å²) in [6, 6.07) is 17.2. The van der Waals surface area contributed by atoms with Crippen LogP contribution in [0.4, 0.5) is 5.69 Å². The van der Waals surface area contributed by atoms with Crippen molar-refractivity contribution in [2.75, 3.05) is 14.2 Å². The third kappa shape index (κ3) is 4.72. The monoisotopic (exact) mass is 464 g/mol. The molecule has 0 spiro atoms. The zero-order chi connectivity index (χ0) is 24.9. The number of phenolic OH excluding ortho intramolecular Hbond substituents is 1. The maximum absolute atomic E-state index is 12.5. The lowest BCUT2D eigenvalue weighted by molar-refractivity contribution is -0.384. The number of phenols is 1. The molecule has 0 bridgehead atoms. The first-order chi connectivity index (χ1) is 16.2. The summed E-state index contributed by atoms with van der Waals surface area (Å²) in [6.45, 7) is 3.82. The average molecular weight is 465 g/mol. The summed E-state index contributed by atoms with van der Waals surface area (Å²) >= 11 is 0. The van der Waals surface area contributed by atoms with E-state index < -0.39 is 16.6 Å². The van der Waals surface area contributed by atoms with E-state index in [1.807, 2.05) is 13.8 Å². The predicted octanol–water partition coefficient (Wildman–Crippen LogP) is 4.70. The van der Waals surface area contributed by atoms with Crippen LogP contribution in [-0.2, 0) is 5.60 Å². The van der Waals surface area contributed by atoms with Gasteiger partial charge in [0.15, 0.2) is 0 Å². The van der Waals surface area contributed by atoms with Gasteiger partial charge in [0.05, 0.1) is 25.2 Å². The van der Waals surface area contributed by atoms with E-state index in [1.54, 1.807) is 48.5 Å². The number of aliphatic imine (C=N–C) groups is 1. The van der Waals surface area contributed by atoms with E-state index in [-0.39, 0.29) is 22.9 Å². The Morgan fingerprint density at radius 2 is 1.50 bits per heavy atom. The summed E-state index contributed by atoms with van der Waals surface area (Å²) in [4.78, 5) is 15.3. The fourth-order valence-corrected chi connectivity index (χ4v) is 4.06. The van der Waals surface area contributed by atoms with E-state index in [2.05, 4.69) is 4.99 Å². The lowest BCUT2D eigenvalue weighted by Crippen LogP contribution is -2.43. The Balaban J connectivity index is 2.26. The number of rotatable bonds is 9. The molecule has 8 heteroatoms. The Morgan fingerprint density at radius 1 is 0.971 bits per heavy atom. The second-order valence-corrected chi connectivity index (χ2v) is 8.13. The number of aliphatic hydroxyl groups is 1. The van der Waals surface area contributed by atoms with Gasteiger partial charge < -0.3 is 19.7 Å². The molecule has 0 aliphatic rings. The number of aromatic hydroxyl groups is 1. The molecule has 0 saturated heterocycles. The van der Waals surface area contributed by atoms with Gasteiger partial charge in [-0.2, -0.15) is 0 Å². The molecule has 0 aromatic heterocycles. The van der Waals surface area contributed by atoms with Crippen molar-refractivity contribution in [1.82, 2.24) is 0 Å². The number of para-hydroxylation sites is 2. The molecule has 34 heavy (non-hydrogen) atoms. The number of nitro groups is 1. The van der Waals surface area contributed by atoms with Crippen LogP contribution in [0, 0.1) is 16.0 Å². The maximum atomic E-state index is 12.5. The Hall–Kier alpha value is -3.91.